The highest BCUT2D eigenvalue weighted by Gasteiger charge is 2.35. The van der Waals surface area contributed by atoms with Gasteiger partial charge in [-0.3, -0.25) is 4.79 Å². The Bertz CT molecular complexity index is 730. The molecule has 0 radical (unpaired) electrons. The molecule has 1 aromatic carbocycles. The molecule has 2 unspecified atom stereocenters. The molecule has 8 heteroatoms. The maximum Gasteiger partial charge on any atom is 0.338 e. The van der Waals surface area contributed by atoms with Gasteiger partial charge in [0, 0.05) is 13.1 Å². The molecule has 1 aromatic rings. The van der Waals surface area contributed by atoms with E-state index in [4.69, 9.17) is 0 Å². The Labute approximate surface area is 141 Å². The molecule has 1 heterocycles. The molecule has 24 heavy (non-hydrogen) atoms. The van der Waals surface area contributed by atoms with E-state index in [0.29, 0.717) is 12.0 Å². The van der Waals surface area contributed by atoms with E-state index in [-0.39, 0.29) is 30.3 Å². The van der Waals surface area contributed by atoms with Crippen molar-refractivity contribution in [3.8, 4) is 0 Å². The van der Waals surface area contributed by atoms with Crippen LogP contribution >= 0.6 is 0 Å². The zero-order valence-corrected chi connectivity index (χ0v) is 14.5. The molecule has 132 valence electrons. The smallest absolute Gasteiger partial charge is 0.338 e. The first-order valence-corrected chi connectivity index (χ1v) is 9.22. The van der Waals surface area contributed by atoms with Crippen molar-refractivity contribution in [2.45, 2.75) is 19.1 Å². The lowest BCUT2D eigenvalue weighted by Gasteiger charge is -2.33. The van der Waals surface area contributed by atoms with Gasteiger partial charge in [-0.1, -0.05) is 25.1 Å². The number of aliphatic carboxylic acids is 1. The number of piperidine rings is 1. The topological polar surface area (TPSA) is 101 Å². The number of carboxylic acid groups (broad SMARTS) is 1. The summed E-state index contributed by atoms with van der Waals surface area (Å²) in [6, 6.07) is 6.35. The molecule has 1 aliphatic rings. The van der Waals surface area contributed by atoms with E-state index in [1.165, 1.54) is 17.5 Å². The van der Waals surface area contributed by atoms with Crippen molar-refractivity contribution in [2.75, 3.05) is 20.2 Å². The number of carbonyl (C=O) groups excluding carboxylic acids is 1. The van der Waals surface area contributed by atoms with Gasteiger partial charge in [-0.15, -0.1) is 0 Å². The number of methoxy groups -OCH3 is 1. The Morgan fingerprint density at radius 3 is 2.58 bits per heavy atom. The van der Waals surface area contributed by atoms with Crippen molar-refractivity contribution in [1.29, 1.82) is 0 Å². The highest BCUT2D eigenvalue weighted by molar-refractivity contribution is 7.88. The average molecular weight is 355 g/mol. The minimum atomic E-state index is -3.74. The third-order valence-electron chi connectivity index (χ3n) is 4.13. The summed E-state index contributed by atoms with van der Waals surface area (Å²) in [6.07, 6.45) is 0.458. The molecule has 0 spiro atoms. The Morgan fingerprint density at radius 1 is 1.29 bits per heavy atom. The second-order valence-corrected chi connectivity index (χ2v) is 8.07. The summed E-state index contributed by atoms with van der Waals surface area (Å²) in [4.78, 5) is 23.0. The molecule has 0 saturated carbocycles. The molecular formula is C16H21NO6S. The van der Waals surface area contributed by atoms with Gasteiger partial charge in [0.15, 0.2) is 0 Å². The summed E-state index contributed by atoms with van der Waals surface area (Å²) in [5, 5.41) is 9.20. The minimum Gasteiger partial charge on any atom is -0.481 e. The van der Waals surface area contributed by atoms with Gasteiger partial charge in [0.2, 0.25) is 10.0 Å². The Morgan fingerprint density at radius 2 is 1.96 bits per heavy atom. The Kier molecular flexibility index (Phi) is 5.61. The van der Waals surface area contributed by atoms with E-state index in [1.807, 2.05) is 6.92 Å². The molecule has 0 bridgehead atoms. The second kappa shape index (κ2) is 7.31. The van der Waals surface area contributed by atoms with Crippen LogP contribution in [0.5, 0.6) is 0 Å². The summed E-state index contributed by atoms with van der Waals surface area (Å²) in [5.41, 5.74) is 0.540. The number of rotatable bonds is 5. The molecule has 0 aromatic heterocycles. The summed E-state index contributed by atoms with van der Waals surface area (Å²) in [7, 11) is -2.50. The van der Waals surface area contributed by atoms with E-state index in [9.17, 15) is 23.1 Å². The van der Waals surface area contributed by atoms with Crippen molar-refractivity contribution in [1.82, 2.24) is 4.31 Å². The molecule has 1 fully saturated rings. The highest BCUT2D eigenvalue weighted by atomic mass is 32.2. The van der Waals surface area contributed by atoms with Crippen LogP contribution in [0.1, 0.15) is 29.3 Å². The van der Waals surface area contributed by atoms with E-state index in [1.54, 1.807) is 18.2 Å². The number of hydrogen-bond acceptors (Lipinski definition) is 5. The van der Waals surface area contributed by atoms with Gasteiger partial charge in [0.25, 0.3) is 0 Å². The lowest BCUT2D eigenvalue weighted by atomic mass is 9.92. The first kappa shape index (κ1) is 18.4. The van der Waals surface area contributed by atoms with Crippen LogP contribution in [0.25, 0.3) is 0 Å². The van der Waals surface area contributed by atoms with Crippen LogP contribution < -0.4 is 0 Å². The van der Waals surface area contributed by atoms with Crippen LogP contribution in [0.2, 0.25) is 0 Å². The minimum absolute atomic E-state index is 0.0366. The van der Waals surface area contributed by atoms with Crippen LogP contribution in [-0.2, 0) is 25.3 Å². The SMILES string of the molecule is COC(=O)c1ccccc1CS(=O)(=O)N1CC(C)CC(C(=O)O)C1. The van der Waals surface area contributed by atoms with E-state index >= 15 is 0 Å². The quantitative estimate of drug-likeness (QED) is 0.800. The number of benzene rings is 1. The standard InChI is InChI=1S/C16H21NO6S/c1-11-7-13(15(18)19)9-17(8-11)24(21,22)10-12-5-3-4-6-14(12)16(20)23-2/h3-6,11,13H,7-10H2,1-2H3,(H,18,19). The summed E-state index contributed by atoms with van der Waals surface area (Å²) in [6.45, 7) is 2.08. The summed E-state index contributed by atoms with van der Waals surface area (Å²) >= 11 is 0. The maximum atomic E-state index is 12.7. The van der Waals surface area contributed by atoms with Gasteiger partial charge < -0.3 is 9.84 Å². The Hall–Kier alpha value is -1.93. The molecule has 0 aliphatic carbocycles. The number of carbonyl (C=O) groups is 2. The van der Waals surface area contributed by atoms with Gasteiger partial charge in [-0.2, -0.15) is 0 Å². The number of carboxylic acids is 1. The fourth-order valence-corrected chi connectivity index (χ4v) is 4.67. The van der Waals surface area contributed by atoms with Crippen LogP contribution in [0.4, 0.5) is 0 Å². The lowest BCUT2D eigenvalue weighted by molar-refractivity contribution is -0.143. The molecule has 2 rings (SSSR count). The van der Waals surface area contributed by atoms with Crippen molar-refractivity contribution >= 4 is 22.0 Å². The van der Waals surface area contributed by atoms with E-state index in [0.717, 1.165) is 0 Å². The molecule has 1 saturated heterocycles. The number of ether oxygens (including phenoxy) is 1. The van der Waals surface area contributed by atoms with Gasteiger partial charge in [0.1, 0.15) is 0 Å². The van der Waals surface area contributed by atoms with Crippen molar-refractivity contribution in [2.24, 2.45) is 11.8 Å². The van der Waals surface area contributed by atoms with Crippen LogP contribution in [-0.4, -0.2) is 50.0 Å². The van der Waals surface area contributed by atoms with Crippen LogP contribution in [0.3, 0.4) is 0 Å². The second-order valence-electron chi connectivity index (χ2n) is 6.10. The number of nitrogens with zero attached hydrogens (tertiary/aromatic N) is 1. The van der Waals surface area contributed by atoms with Gasteiger partial charge in [0.05, 0.1) is 24.3 Å². The van der Waals surface area contributed by atoms with E-state index in [2.05, 4.69) is 4.74 Å². The molecule has 7 nitrogen and oxygen atoms in total. The van der Waals surface area contributed by atoms with Gasteiger partial charge >= 0.3 is 11.9 Å². The first-order valence-electron chi connectivity index (χ1n) is 7.61. The normalized spacial score (nSPS) is 22.1. The number of sulfonamides is 1. The zero-order valence-electron chi connectivity index (χ0n) is 13.6. The monoisotopic (exact) mass is 355 g/mol. The van der Waals surface area contributed by atoms with Crippen molar-refractivity contribution in [3.05, 3.63) is 35.4 Å². The number of esters is 1. The highest BCUT2D eigenvalue weighted by Crippen LogP contribution is 2.26. The molecule has 0 amide bonds. The molecule has 2 atom stereocenters. The average Bonchev–Trinajstić information content (AvgIpc) is 2.53. The summed E-state index contributed by atoms with van der Waals surface area (Å²) < 4.78 is 31.3. The zero-order chi connectivity index (χ0) is 17.9. The summed E-state index contributed by atoms with van der Waals surface area (Å²) in [5.74, 6) is -2.70. The van der Waals surface area contributed by atoms with Crippen molar-refractivity contribution < 1.29 is 27.9 Å². The molecular weight excluding hydrogens is 334 g/mol. The fraction of sp³-hybridized carbons (Fsp3) is 0.500. The number of hydrogen-bond donors (Lipinski definition) is 1. The Balaban J connectivity index is 2.25. The first-order chi connectivity index (χ1) is 11.2. The molecule has 1 aliphatic heterocycles. The molecule has 1 N–H and O–H groups in total. The largest absolute Gasteiger partial charge is 0.481 e. The van der Waals surface area contributed by atoms with Gasteiger partial charge in [-0.05, 0) is 24.0 Å². The van der Waals surface area contributed by atoms with E-state index < -0.39 is 27.9 Å². The third-order valence-corrected chi connectivity index (χ3v) is 5.89. The fourth-order valence-electron chi connectivity index (χ4n) is 2.95. The van der Waals surface area contributed by atoms with Gasteiger partial charge in [-0.25, -0.2) is 17.5 Å². The maximum absolute atomic E-state index is 12.7. The van der Waals surface area contributed by atoms with Crippen molar-refractivity contribution in [3.63, 3.8) is 0 Å². The third kappa shape index (κ3) is 4.12. The predicted molar refractivity (Wildman–Crippen MR) is 86.9 cm³/mol. The predicted octanol–water partition coefficient (Wildman–Crippen LogP) is 1.35. The van der Waals surface area contributed by atoms with Crippen LogP contribution in [0.15, 0.2) is 24.3 Å². The lowest BCUT2D eigenvalue weighted by Crippen LogP contribution is -2.45. The van der Waals surface area contributed by atoms with Crippen LogP contribution in [0, 0.1) is 11.8 Å².